The summed E-state index contributed by atoms with van der Waals surface area (Å²) < 4.78 is 6.23. The molecule has 1 aliphatic rings. The highest BCUT2D eigenvalue weighted by Crippen LogP contribution is 2.24. The van der Waals surface area contributed by atoms with E-state index >= 15 is 0 Å². The molecule has 1 saturated heterocycles. The molecule has 0 bridgehead atoms. The third-order valence-corrected chi connectivity index (χ3v) is 3.81. The van der Waals surface area contributed by atoms with Crippen LogP contribution in [0.15, 0.2) is 28.7 Å². The van der Waals surface area contributed by atoms with E-state index in [1.165, 1.54) is 4.90 Å². The van der Waals surface area contributed by atoms with Crippen LogP contribution in [0.2, 0.25) is 0 Å². The zero-order valence-electron chi connectivity index (χ0n) is 9.47. The van der Waals surface area contributed by atoms with Gasteiger partial charge in [-0.05, 0) is 11.6 Å². The Morgan fingerprint density at radius 3 is 2.82 bits per heavy atom. The average molecular weight is 300 g/mol. The summed E-state index contributed by atoms with van der Waals surface area (Å²) in [6.45, 7) is -0.0860. The molecule has 0 radical (unpaired) electrons. The monoisotopic (exact) mass is 299 g/mol. The Balaban J connectivity index is 2.14. The predicted molar refractivity (Wildman–Crippen MR) is 66.8 cm³/mol. The van der Waals surface area contributed by atoms with E-state index in [0.717, 1.165) is 10.0 Å². The lowest BCUT2D eigenvalue weighted by Crippen LogP contribution is -2.37. The third-order valence-electron chi connectivity index (χ3n) is 3.03. The van der Waals surface area contributed by atoms with Crippen LogP contribution in [0.1, 0.15) is 5.56 Å². The number of carbonyl (C=O) groups excluding carboxylic acids is 1. The number of hydrogen-bond acceptors (Lipinski definition) is 3. The second-order valence-corrected chi connectivity index (χ2v) is 4.93. The highest BCUT2D eigenvalue weighted by molar-refractivity contribution is 9.10. The van der Waals surface area contributed by atoms with Crippen LogP contribution in [0.5, 0.6) is 0 Å². The van der Waals surface area contributed by atoms with Crippen LogP contribution in [0.25, 0.3) is 0 Å². The van der Waals surface area contributed by atoms with Gasteiger partial charge in [-0.1, -0.05) is 34.1 Å². The van der Waals surface area contributed by atoms with Gasteiger partial charge in [0.25, 0.3) is 0 Å². The van der Waals surface area contributed by atoms with Gasteiger partial charge in [-0.3, -0.25) is 0 Å². The van der Waals surface area contributed by atoms with Crippen molar-refractivity contribution >= 4 is 22.0 Å². The molecule has 1 aliphatic heterocycles. The van der Waals surface area contributed by atoms with Crippen molar-refractivity contribution in [2.24, 2.45) is 0 Å². The summed E-state index contributed by atoms with van der Waals surface area (Å²) in [6.07, 6.45) is -0.0692. The first-order valence-corrected chi connectivity index (χ1v) is 6.20. The van der Waals surface area contributed by atoms with Crippen LogP contribution in [0.4, 0.5) is 4.79 Å². The van der Waals surface area contributed by atoms with Gasteiger partial charge in [0.1, 0.15) is 6.10 Å². The van der Waals surface area contributed by atoms with E-state index in [9.17, 15) is 9.90 Å². The molecule has 2 atom stereocenters. The predicted octanol–water partition coefficient (Wildman–Crippen LogP) is 1.80. The van der Waals surface area contributed by atoms with E-state index in [4.69, 9.17) is 4.74 Å². The second-order valence-electron chi connectivity index (χ2n) is 4.08. The normalized spacial score (nSPS) is 23.9. The lowest BCUT2D eigenvalue weighted by atomic mass is 10.0. The minimum atomic E-state index is -0.374. The number of aliphatic hydroxyl groups excluding tert-OH is 1. The number of carbonyl (C=O) groups is 1. The summed E-state index contributed by atoms with van der Waals surface area (Å²) in [5, 5.41) is 9.29. The fourth-order valence-corrected chi connectivity index (χ4v) is 2.42. The Hall–Kier alpha value is -1.07. The molecule has 4 nitrogen and oxygen atoms in total. The Kier molecular flexibility index (Phi) is 3.69. The van der Waals surface area contributed by atoms with Crippen LogP contribution in [-0.4, -0.2) is 41.9 Å². The van der Waals surface area contributed by atoms with Gasteiger partial charge in [-0.25, -0.2) is 4.79 Å². The summed E-state index contributed by atoms with van der Waals surface area (Å²) >= 11 is 3.46. The number of hydrogen-bond donors (Lipinski definition) is 1. The summed E-state index contributed by atoms with van der Waals surface area (Å²) in [4.78, 5) is 12.9. The van der Waals surface area contributed by atoms with E-state index < -0.39 is 0 Å². The van der Waals surface area contributed by atoms with Gasteiger partial charge < -0.3 is 14.7 Å². The third kappa shape index (κ3) is 2.45. The number of benzene rings is 1. The molecule has 1 N–H and O–H groups in total. The SMILES string of the molecule is CN1C(=O)OC(Cc2ccccc2Br)C1CO. The second kappa shape index (κ2) is 5.06. The molecular weight excluding hydrogens is 286 g/mol. The largest absolute Gasteiger partial charge is 0.443 e. The van der Waals surface area contributed by atoms with E-state index in [1.807, 2.05) is 24.3 Å². The molecule has 5 heteroatoms. The Morgan fingerprint density at radius 2 is 2.18 bits per heavy atom. The topological polar surface area (TPSA) is 49.8 Å². The van der Waals surface area contributed by atoms with Gasteiger partial charge in [0, 0.05) is 17.9 Å². The van der Waals surface area contributed by atoms with Gasteiger partial charge in [-0.2, -0.15) is 0 Å². The molecule has 0 spiro atoms. The maximum absolute atomic E-state index is 11.4. The molecule has 92 valence electrons. The van der Waals surface area contributed by atoms with Crippen molar-refractivity contribution in [2.45, 2.75) is 18.6 Å². The highest BCUT2D eigenvalue weighted by Gasteiger charge is 2.38. The van der Waals surface area contributed by atoms with Gasteiger partial charge in [0.05, 0.1) is 12.6 Å². The minimum Gasteiger partial charge on any atom is -0.443 e. The average Bonchev–Trinajstić information content (AvgIpc) is 2.58. The highest BCUT2D eigenvalue weighted by atomic mass is 79.9. The van der Waals surface area contributed by atoms with Crippen molar-refractivity contribution in [1.82, 2.24) is 4.90 Å². The van der Waals surface area contributed by atoms with Crippen molar-refractivity contribution in [3.05, 3.63) is 34.3 Å². The van der Waals surface area contributed by atoms with Crippen LogP contribution < -0.4 is 0 Å². The standard InChI is InChI=1S/C12H14BrNO3/c1-14-10(7-15)11(17-12(14)16)6-8-4-2-3-5-9(8)13/h2-5,10-11,15H,6-7H2,1H3. The minimum absolute atomic E-state index is 0.0860. The van der Waals surface area contributed by atoms with E-state index in [0.29, 0.717) is 6.42 Å². The maximum atomic E-state index is 11.4. The molecule has 1 heterocycles. The van der Waals surface area contributed by atoms with Crippen LogP contribution in [0, 0.1) is 0 Å². The van der Waals surface area contributed by atoms with E-state index in [-0.39, 0.29) is 24.8 Å². The molecule has 0 aliphatic carbocycles. The molecule has 17 heavy (non-hydrogen) atoms. The van der Waals surface area contributed by atoms with Crippen molar-refractivity contribution in [1.29, 1.82) is 0 Å². The van der Waals surface area contributed by atoms with Gasteiger partial charge in [-0.15, -0.1) is 0 Å². The summed E-state index contributed by atoms with van der Waals surface area (Å²) in [5.41, 5.74) is 1.07. The molecular formula is C12H14BrNO3. The number of likely N-dealkylation sites (N-methyl/N-ethyl adjacent to an activating group) is 1. The van der Waals surface area contributed by atoms with Crippen LogP contribution >= 0.6 is 15.9 Å². The molecule has 1 fully saturated rings. The summed E-state index contributed by atoms with van der Waals surface area (Å²) in [6, 6.07) is 7.53. The number of rotatable bonds is 3. The Labute approximate surface area is 108 Å². The maximum Gasteiger partial charge on any atom is 0.410 e. The molecule has 1 aromatic carbocycles. The van der Waals surface area contributed by atoms with Gasteiger partial charge in [0.15, 0.2) is 0 Å². The fraction of sp³-hybridized carbons (Fsp3) is 0.417. The first kappa shape index (κ1) is 12.4. The summed E-state index contributed by atoms with van der Waals surface area (Å²) in [7, 11) is 1.64. The van der Waals surface area contributed by atoms with Crippen LogP contribution in [0.3, 0.4) is 0 Å². The molecule has 0 aromatic heterocycles. The Morgan fingerprint density at radius 1 is 1.47 bits per heavy atom. The molecule has 1 amide bonds. The number of aliphatic hydroxyl groups is 1. The Bertz CT molecular complexity index is 424. The first-order chi connectivity index (χ1) is 8.13. The molecule has 2 unspecified atom stereocenters. The molecule has 1 aromatic rings. The van der Waals surface area contributed by atoms with E-state index in [2.05, 4.69) is 15.9 Å². The van der Waals surface area contributed by atoms with Crippen molar-refractivity contribution < 1.29 is 14.6 Å². The number of amides is 1. The van der Waals surface area contributed by atoms with Crippen molar-refractivity contribution in [3.63, 3.8) is 0 Å². The smallest absolute Gasteiger partial charge is 0.410 e. The molecule has 2 rings (SSSR count). The van der Waals surface area contributed by atoms with Crippen molar-refractivity contribution in [3.8, 4) is 0 Å². The number of nitrogens with zero attached hydrogens (tertiary/aromatic N) is 1. The fourth-order valence-electron chi connectivity index (χ4n) is 1.97. The van der Waals surface area contributed by atoms with Crippen molar-refractivity contribution in [2.75, 3.05) is 13.7 Å². The number of cyclic esters (lactones) is 1. The number of halogens is 1. The molecule has 0 saturated carbocycles. The zero-order chi connectivity index (χ0) is 12.4. The number of ether oxygens (including phenoxy) is 1. The summed E-state index contributed by atoms with van der Waals surface area (Å²) in [5.74, 6) is 0. The van der Waals surface area contributed by atoms with Gasteiger partial charge >= 0.3 is 6.09 Å². The lowest BCUT2D eigenvalue weighted by Gasteiger charge is -2.19. The lowest BCUT2D eigenvalue weighted by molar-refractivity contribution is 0.118. The van der Waals surface area contributed by atoms with Gasteiger partial charge in [0.2, 0.25) is 0 Å². The van der Waals surface area contributed by atoms with E-state index in [1.54, 1.807) is 7.05 Å². The zero-order valence-corrected chi connectivity index (χ0v) is 11.1. The first-order valence-electron chi connectivity index (χ1n) is 5.41. The van der Waals surface area contributed by atoms with Crippen LogP contribution in [-0.2, 0) is 11.2 Å². The quantitative estimate of drug-likeness (QED) is 0.926.